The smallest absolute Gasteiger partial charge is 0.261 e. The summed E-state index contributed by atoms with van der Waals surface area (Å²) in [5, 5.41) is 0.622. The molecule has 0 saturated carbocycles. The number of nitrogens with zero attached hydrogens (tertiary/aromatic N) is 2. The Morgan fingerprint density at radius 3 is 2.45 bits per heavy atom. The van der Waals surface area contributed by atoms with Gasteiger partial charge in [0, 0.05) is 18.0 Å². The van der Waals surface area contributed by atoms with E-state index in [4.69, 9.17) is 11.6 Å². The third-order valence-electron chi connectivity index (χ3n) is 3.20. The van der Waals surface area contributed by atoms with Crippen molar-refractivity contribution >= 4 is 22.5 Å². The van der Waals surface area contributed by atoms with Gasteiger partial charge in [0.2, 0.25) is 0 Å². The predicted octanol–water partition coefficient (Wildman–Crippen LogP) is 3.30. The van der Waals surface area contributed by atoms with Crippen molar-refractivity contribution in [3.8, 4) is 11.4 Å². The third-order valence-corrected chi connectivity index (χ3v) is 3.37. The highest BCUT2D eigenvalue weighted by molar-refractivity contribution is 6.17. The third kappa shape index (κ3) is 2.21. The molecule has 0 N–H and O–H groups in total. The molecule has 0 aliphatic carbocycles. The number of fused-ring (bicyclic) bond motifs is 1. The minimum atomic E-state index is -0.0462. The second-order valence-corrected chi connectivity index (χ2v) is 4.84. The zero-order valence-corrected chi connectivity index (χ0v) is 11.5. The molecule has 1 aromatic heterocycles. The molecule has 4 heteroatoms. The largest absolute Gasteiger partial charge is 0.291 e. The van der Waals surface area contributed by atoms with E-state index in [2.05, 4.69) is 4.98 Å². The van der Waals surface area contributed by atoms with Gasteiger partial charge >= 0.3 is 0 Å². The van der Waals surface area contributed by atoms with Crippen LogP contribution in [0.25, 0.3) is 22.3 Å². The van der Waals surface area contributed by atoms with Crippen molar-refractivity contribution in [1.29, 1.82) is 0 Å². The molecule has 0 aliphatic heterocycles. The number of para-hydroxylation sites is 1. The molecule has 0 bridgehead atoms. The van der Waals surface area contributed by atoms with Crippen LogP contribution in [0.4, 0.5) is 0 Å². The SMILES string of the molecule is O=c1c2ccccc2nc(-c2ccccc2)n1CCCl. The summed E-state index contributed by atoms with van der Waals surface area (Å²) in [6, 6.07) is 17.1. The Hall–Kier alpha value is -2.13. The first kappa shape index (κ1) is 12.9. The monoisotopic (exact) mass is 284 g/mol. The Labute approximate surface area is 121 Å². The minimum Gasteiger partial charge on any atom is -0.291 e. The summed E-state index contributed by atoms with van der Waals surface area (Å²) in [7, 11) is 0. The fourth-order valence-corrected chi connectivity index (χ4v) is 2.44. The molecular formula is C16H13ClN2O. The van der Waals surface area contributed by atoms with Gasteiger partial charge in [0.05, 0.1) is 10.9 Å². The van der Waals surface area contributed by atoms with Crippen LogP contribution in [0.1, 0.15) is 0 Å². The highest BCUT2D eigenvalue weighted by Crippen LogP contribution is 2.18. The molecule has 100 valence electrons. The van der Waals surface area contributed by atoms with Crippen molar-refractivity contribution < 1.29 is 0 Å². The van der Waals surface area contributed by atoms with Gasteiger partial charge in [-0.1, -0.05) is 42.5 Å². The predicted molar refractivity (Wildman–Crippen MR) is 82.2 cm³/mol. The van der Waals surface area contributed by atoms with Crippen LogP contribution in [0, 0.1) is 0 Å². The molecular weight excluding hydrogens is 272 g/mol. The van der Waals surface area contributed by atoms with E-state index in [0.29, 0.717) is 29.2 Å². The maximum Gasteiger partial charge on any atom is 0.261 e. The average molecular weight is 285 g/mol. The number of benzene rings is 2. The highest BCUT2D eigenvalue weighted by atomic mass is 35.5. The van der Waals surface area contributed by atoms with E-state index >= 15 is 0 Å². The lowest BCUT2D eigenvalue weighted by atomic mass is 10.2. The molecule has 0 atom stereocenters. The normalized spacial score (nSPS) is 10.8. The quantitative estimate of drug-likeness (QED) is 0.692. The summed E-state index contributed by atoms with van der Waals surface area (Å²) in [5.74, 6) is 1.04. The molecule has 0 fully saturated rings. The Morgan fingerprint density at radius 2 is 1.70 bits per heavy atom. The zero-order chi connectivity index (χ0) is 13.9. The van der Waals surface area contributed by atoms with E-state index in [1.165, 1.54) is 0 Å². The lowest BCUT2D eigenvalue weighted by molar-refractivity contribution is 0.733. The molecule has 0 unspecified atom stereocenters. The van der Waals surface area contributed by atoms with E-state index in [1.54, 1.807) is 10.6 Å². The molecule has 0 spiro atoms. The number of halogens is 1. The molecule has 0 aliphatic rings. The summed E-state index contributed by atoms with van der Waals surface area (Å²) < 4.78 is 1.64. The first-order chi connectivity index (χ1) is 9.81. The Bertz CT molecular complexity index is 796. The van der Waals surface area contributed by atoms with E-state index < -0.39 is 0 Å². The highest BCUT2D eigenvalue weighted by Gasteiger charge is 2.11. The van der Waals surface area contributed by atoms with Crippen molar-refractivity contribution in [2.24, 2.45) is 0 Å². The fourth-order valence-electron chi connectivity index (χ4n) is 2.27. The zero-order valence-electron chi connectivity index (χ0n) is 10.8. The minimum absolute atomic E-state index is 0.0462. The Balaban J connectivity index is 2.35. The van der Waals surface area contributed by atoms with E-state index in [1.807, 2.05) is 48.5 Å². The van der Waals surface area contributed by atoms with Gasteiger partial charge < -0.3 is 0 Å². The lowest BCUT2D eigenvalue weighted by Crippen LogP contribution is -2.24. The van der Waals surface area contributed by atoms with Crippen molar-refractivity contribution in [2.75, 3.05) is 5.88 Å². The number of hydrogen-bond acceptors (Lipinski definition) is 2. The lowest BCUT2D eigenvalue weighted by Gasteiger charge is -2.12. The standard InChI is InChI=1S/C16H13ClN2O/c17-10-11-19-15(12-6-2-1-3-7-12)18-14-9-5-4-8-13(14)16(19)20/h1-9H,10-11H2. The van der Waals surface area contributed by atoms with Crippen LogP contribution in [-0.2, 0) is 6.54 Å². The van der Waals surface area contributed by atoms with Gasteiger partial charge in [-0.3, -0.25) is 9.36 Å². The number of alkyl halides is 1. The fraction of sp³-hybridized carbons (Fsp3) is 0.125. The van der Waals surface area contributed by atoms with Crippen molar-refractivity contribution in [3.05, 3.63) is 65.0 Å². The van der Waals surface area contributed by atoms with E-state index in [0.717, 1.165) is 5.56 Å². The Kier molecular flexibility index (Phi) is 3.52. The van der Waals surface area contributed by atoms with Crippen LogP contribution < -0.4 is 5.56 Å². The maximum absolute atomic E-state index is 12.6. The summed E-state index contributed by atoms with van der Waals surface area (Å²) in [6.45, 7) is 0.447. The molecule has 1 heterocycles. The molecule has 0 saturated heterocycles. The molecule has 2 aromatic carbocycles. The Morgan fingerprint density at radius 1 is 1.00 bits per heavy atom. The van der Waals surface area contributed by atoms with Gasteiger partial charge in [-0.25, -0.2) is 4.98 Å². The summed E-state index contributed by atoms with van der Waals surface area (Å²) in [6.07, 6.45) is 0. The second-order valence-electron chi connectivity index (χ2n) is 4.46. The maximum atomic E-state index is 12.6. The number of hydrogen-bond donors (Lipinski definition) is 0. The number of rotatable bonds is 3. The average Bonchev–Trinajstić information content (AvgIpc) is 2.51. The van der Waals surface area contributed by atoms with Crippen LogP contribution in [0.15, 0.2) is 59.4 Å². The summed E-state index contributed by atoms with van der Waals surface area (Å²) >= 11 is 5.83. The van der Waals surface area contributed by atoms with Gasteiger partial charge in [-0.05, 0) is 12.1 Å². The molecule has 0 radical (unpaired) electrons. The first-order valence-electron chi connectivity index (χ1n) is 6.42. The molecule has 3 nitrogen and oxygen atoms in total. The molecule has 0 amide bonds. The van der Waals surface area contributed by atoms with Crippen LogP contribution in [0.3, 0.4) is 0 Å². The van der Waals surface area contributed by atoms with Gasteiger partial charge in [0.1, 0.15) is 5.82 Å². The first-order valence-corrected chi connectivity index (χ1v) is 6.95. The molecule has 3 aromatic rings. The molecule has 20 heavy (non-hydrogen) atoms. The van der Waals surface area contributed by atoms with Crippen LogP contribution in [-0.4, -0.2) is 15.4 Å². The van der Waals surface area contributed by atoms with Crippen LogP contribution in [0.5, 0.6) is 0 Å². The van der Waals surface area contributed by atoms with E-state index in [-0.39, 0.29) is 5.56 Å². The second kappa shape index (κ2) is 5.47. The van der Waals surface area contributed by atoms with Crippen molar-refractivity contribution in [3.63, 3.8) is 0 Å². The van der Waals surface area contributed by atoms with Crippen molar-refractivity contribution in [2.45, 2.75) is 6.54 Å². The summed E-state index contributed by atoms with van der Waals surface area (Å²) in [4.78, 5) is 17.2. The van der Waals surface area contributed by atoms with Gasteiger partial charge in [-0.2, -0.15) is 0 Å². The van der Waals surface area contributed by atoms with Crippen molar-refractivity contribution in [1.82, 2.24) is 9.55 Å². The van der Waals surface area contributed by atoms with Crippen LogP contribution >= 0.6 is 11.6 Å². The number of aromatic nitrogens is 2. The van der Waals surface area contributed by atoms with Gasteiger partial charge in [-0.15, -0.1) is 11.6 Å². The topological polar surface area (TPSA) is 34.9 Å². The summed E-state index contributed by atoms with van der Waals surface area (Å²) in [5.41, 5.74) is 1.58. The van der Waals surface area contributed by atoms with Gasteiger partial charge in [0.25, 0.3) is 5.56 Å². The van der Waals surface area contributed by atoms with Crippen LogP contribution in [0.2, 0.25) is 0 Å². The van der Waals surface area contributed by atoms with Gasteiger partial charge in [0.15, 0.2) is 0 Å². The van der Waals surface area contributed by atoms with E-state index in [9.17, 15) is 4.79 Å². The molecule has 3 rings (SSSR count).